The Morgan fingerprint density at radius 1 is 0.941 bits per heavy atom. The van der Waals surface area contributed by atoms with Crippen molar-refractivity contribution in [2.24, 2.45) is 0 Å². The van der Waals surface area contributed by atoms with Crippen LogP contribution in [-0.2, 0) is 13.0 Å². The lowest BCUT2D eigenvalue weighted by molar-refractivity contribution is -0.890. The topological polar surface area (TPSA) is 85.6 Å². The largest absolute Gasteiger partial charge is 1.00 e. The molecule has 0 aliphatic carbocycles. The predicted molar refractivity (Wildman–Crippen MR) is 128 cm³/mol. The van der Waals surface area contributed by atoms with Gasteiger partial charge in [0, 0.05) is 12.1 Å². The number of anilines is 2. The molecule has 8 nitrogen and oxygen atoms in total. The van der Waals surface area contributed by atoms with Gasteiger partial charge in [-0.25, -0.2) is 0 Å². The molecule has 0 saturated carbocycles. The van der Waals surface area contributed by atoms with Crippen molar-refractivity contribution in [2.75, 3.05) is 56.7 Å². The number of nitrogens with zero attached hydrogens (tertiary/aromatic N) is 6. The number of phenols is 1. The van der Waals surface area contributed by atoms with Crippen LogP contribution < -0.4 is 33.8 Å². The molecule has 3 heterocycles. The molecule has 1 atom stereocenters. The van der Waals surface area contributed by atoms with Crippen LogP contribution in [0.5, 0.6) is 5.75 Å². The molecule has 1 fully saturated rings. The van der Waals surface area contributed by atoms with Gasteiger partial charge in [-0.15, -0.1) is 0 Å². The number of aliphatic hydroxyl groups is 1. The normalized spacial score (nSPS) is 19.3. The van der Waals surface area contributed by atoms with Gasteiger partial charge in [0.15, 0.2) is 5.82 Å². The zero-order valence-corrected chi connectivity index (χ0v) is 21.8. The second-order valence-electron chi connectivity index (χ2n) is 9.62. The molecule has 2 N–H and O–H groups in total. The van der Waals surface area contributed by atoms with E-state index >= 15 is 0 Å². The standard InChI is InChI=1S/C25H30N6O2.HI/c1-31(2)12-10-29(11-13-31)24-26-23(19-8-5-9-22(33)15-19)27-25(28-24)30-16-20-7-4-3-6-18(20)14-21(30)17-32;/h3-9,15,21,32H,10-14,16-17H2,1-2H3;1H/t21-;/m1./s1. The minimum atomic E-state index is -0.107. The van der Waals surface area contributed by atoms with E-state index in [2.05, 4.69) is 36.0 Å². The van der Waals surface area contributed by atoms with Crippen LogP contribution >= 0.6 is 0 Å². The Labute approximate surface area is 217 Å². The number of rotatable bonds is 4. The molecule has 1 saturated heterocycles. The highest BCUT2D eigenvalue weighted by Gasteiger charge is 2.31. The Bertz CT molecular complexity index is 1150. The van der Waals surface area contributed by atoms with E-state index < -0.39 is 0 Å². The third-order valence-corrected chi connectivity index (χ3v) is 6.77. The van der Waals surface area contributed by atoms with Crippen LogP contribution in [0.25, 0.3) is 11.4 Å². The molecule has 3 aromatic rings. The van der Waals surface area contributed by atoms with Gasteiger partial charge >= 0.3 is 0 Å². The zero-order valence-electron chi connectivity index (χ0n) is 19.6. The van der Waals surface area contributed by atoms with Crippen molar-refractivity contribution >= 4 is 11.9 Å². The minimum Gasteiger partial charge on any atom is -1.00 e. The SMILES string of the molecule is C[N+]1(C)CCN(c2nc(-c3cccc(O)c3)nc(N3Cc4ccccc4C[C@@H]3CO)n2)CC1.[I-]. The number of hydrogen-bond acceptors (Lipinski definition) is 7. The molecule has 2 aromatic carbocycles. The first kappa shape index (κ1) is 24.6. The van der Waals surface area contributed by atoms with E-state index in [0.29, 0.717) is 24.3 Å². The van der Waals surface area contributed by atoms with Crippen molar-refractivity contribution < 1.29 is 38.7 Å². The molecule has 5 rings (SSSR count). The molecule has 180 valence electrons. The molecule has 0 radical (unpaired) electrons. The molecule has 0 unspecified atom stereocenters. The van der Waals surface area contributed by atoms with Crippen molar-refractivity contribution in [2.45, 2.75) is 19.0 Å². The lowest BCUT2D eigenvalue weighted by Crippen LogP contribution is -3.00. The lowest BCUT2D eigenvalue weighted by atomic mass is 9.94. The van der Waals surface area contributed by atoms with Crippen LogP contribution in [0.2, 0.25) is 0 Å². The second kappa shape index (κ2) is 10.0. The maximum Gasteiger partial charge on any atom is 0.231 e. The summed E-state index contributed by atoms with van der Waals surface area (Å²) in [5.41, 5.74) is 3.22. The average molecular weight is 574 g/mol. The number of quaternary nitrogens is 1. The predicted octanol–water partition coefficient (Wildman–Crippen LogP) is -0.932. The molecule has 2 aliphatic heterocycles. The summed E-state index contributed by atoms with van der Waals surface area (Å²) in [6.45, 7) is 4.41. The first-order valence-corrected chi connectivity index (χ1v) is 11.5. The monoisotopic (exact) mass is 574 g/mol. The Morgan fingerprint density at radius 3 is 2.35 bits per heavy atom. The second-order valence-corrected chi connectivity index (χ2v) is 9.62. The number of aliphatic hydroxyl groups excluding tert-OH is 1. The van der Waals surface area contributed by atoms with Crippen LogP contribution in [0.15, 0.2) is 48.5 Å². The third kappa shape index (κ3) is 5.11. The van der Waals surface area contributed by atoms with Gasteiger partial charge in [-0.1, -0.05) is 36.4 Å². The molecule has 9 heteroatoms. The van der Waals surface area contributed by atoms with E-state index in [4.69, 9.17) is 15.0 Å². The summed E-state index contributed by atoms with van der Waals surface area (Å²) in [4.78, 5) is 18.8. The van der Waals surface area contributed by atoms with E-state index in [0.717, 1.165) is 42.6 Å². The highest BCUT2D eigenvalue weighted by atomic mass is 127. The Balaban J connectivity index is 0.00000274. The Morgan fingerprint density at radius 2 is 1.65 bits per heavy atom. The molecule has 0 spiro atoms. The molecular weight excluding hydrogens is 543 g/mol. The maximum atomic E-state index is 10.2. The van der Waals surface area contributed by atoms with E-state index in [9.17, 15) is 10.2 Å². The average Bonchev–Trinajstić information content (AvgIpc) is 2.83. The number of piperazine rings is 1. The minimum absolute atomic E-state index is 0. The van der Waals surface area contributed by atoms with Crippen LogP contribution in [0.4, 0.5) is 11.9 Å². The highest BCUT2D eigenvalue weighted by molar-refractivity contribution is 5.61. The van der Waals surface area contributed by atoms with Crippen molar-refractivity contribution in [3.63, 3.8) is 0 Å². The summed E-state index contributed by atoms with van der Waals surface area (Å²) < 4.78 is 0.976. The molecular formula is C25H31IN6O2. The van der Waals surface area contributed by atoms with Crippen molar-refractivity contribution in [3.05, 3.63) is 59.7 Å². The van der Waals surface area contributed by atoms with E-state index in [1.54, 1.807) is 18.2 Å². The summed E-state index contributed by atoms with van der Waals surface area (Å²) in [6, 6.07) is 15.2. The third-order valence-electron chi connectivity index (χ3n) is 6.77. The van der Waals surface area contributed by atoms with E-state index in [-0.39, 0.29) is 42.4 Å². The van der Waals surface area contributed by atoms with Gasteiger partial charge in [-0.05, 0) is 29.7 Å². The fourth-order valence-corrected chi connectivity index (χ4v) is 4.59. The van der Waals surface area contributed by atoms with Gasteiger partial charge in [0.05, 0.1) is 52.9 Å². The van der Waals surface area contributed by atoms with Crippen LogP contribution in [0.3, 0.4) is 0 Å². The van der Waals surface area contributed by atoms with Gasteiger partial charge in [0.1, 0.15) is 5.75 Å². The summed E-state index contributed by atoms with van der Waals surface area (Å²) >= 11 is 0. The first-order chi connectivity index (χ1) is 15.9. The van der Waals surface area contributed by atoms with E-state index in [1.165, 1.54) is 11.1 Å². The molecule has 0 amide bonds. The zero-order chi connectivity index (χ0) is 23.0. The van der Waals surface area contributed by atoms with Crippen LogP contribution in [-0.4, -0.2) is 82.6 Å². The summed E-state index contributed by atoms with van der Waals surface area (Å²) in [7, 11) is 4.48. The number of phenolic OH excluding ortho intramolecular Hbond substituents is 1. The molecule has 0 bridgehead atoms. The fourth-order valence-electron chi connectivity index (χ4n) is 4.59. The highest BCUT2D eigenvalue weighted by Crippen LogP contribution is 2.30. The number of halogens is 1. The summed E-state index contributed by atoms with van der Waals surface area (Å²) in [6.07, 6.45) is 0.741. The quantitative estimate of drug-likeness (QED) is 0.308. The smallest absolute Gasteiger partial charge is 0.231 e. The Hall–Kier alpha value is -2.50. The van der Waals surface area contributed by atoms with Crippen LogP contribution in [0.1, 0.15) is 11.1 Å². The number of likely N-dealkylation sites (N-methyl/N-ethyl adjacent to an activating group) is 1. The van der Waals surface area contributed by atoms with Crippen LogP contribution in [0, 0.1) is 0 Å². The van der Waals surface area contributed by atoms with Gasteiger partial charge in [-0.3, -0.25) is 0 Å². The molecule has 34 heavy (non-hydrogen) atoms. The van der Waals surface area contributed by atoms with Crippen molar-refractivity contribution in [1.82, 2.24) is 15.0 Å². The fraction of sp³-hybridized carbons (Fsp3) is 0.400. The first-order valence-electron chi connectivity index (χ1n) is 11.5. The van der Waals surface area contributed by atoms with Crippen molar-refractivity contribution in [3.8, 4) is 17.1 Å². The number of hydrogen-bond donors (Lipinski definition) is 2. The maximum absolute atomic E-state index is 10.2. The van der Waals surface area contributed by atoms with Crippen molar-refractivity contribution in [1.29, 1.82) is 0 Å². The van der Waals surface area contributed by atoms with Gasteiger partial charge in [-0.2, -0.15) is 15.0 Å². The number of benzene rings is 2. The van der Waals surface area contributed by atoms with Gasteiger partial charge < -0.3 is 48.5 Å². The van der Waals surface area contributed by atoms with Gasteiger partial charge in [0.2, 0.25) is 11.9 Å². The summed E-state index contributed by atoms with van der Waals surface area (Å²) in [5.74, 6) is 1.91. The van der Waals surface area contributed by atoms with Gasteiger partial charge in [0.25, 0.3) is 0 Å². The summed E-state index contributed by atoms with van der Waals surface area (Å²) in [5, 5.41) is 20.2. The number of aromatic nitrogens is 3. The molecule has 1 aromatic heterocycles. The van der Waals surface area contributed by atoms with E-state index in [1.807, 2.05) is 18.2 Å². The number of fused-ring (bicyclic) bond motifs is 1. The molecule has 2 aliphatic rings. The number of aromatic hydroxyl groups is 1. The lowest BCUT2D eigenvalue weighted by Gasteiger charge is -2.39. The Kier molecular flexibility index (Phi) is 7.25.